The molecule has 5 fully saturated rings. The monoisotopic (exact) mass is 588 g/mol. The maximum Gasteiger partial charge on any atom is 0.315 e. The number of hydrogen-bond acceptors (Lipinski definition) is 7. The molecule has 42 heavy (non-hydrogen) atoms. The maximum absolute atomic E-state index is 14.3. The molecule has 7 nitrogen and oxygen atoms in total. The van der Waals surface area contributed by atoms with Gasteiger partial charge in [-0.2, -0.15) is 0 Å². The minimum Gasteiger partial charge on any atom is -0.432 e. The summed E-state index contributed by atoms with van der Waals surface area (Å²) < 4.78 is 11.5. The molecule has 0 aromatic carbocycles. The third-order valence-electron chi connectivity index (χ3n) is 15.1. The fourth-order valence-corrected chi connectivity index (χ4v) is 11.9. The molecule has 1 saturated heterocycles. The van der Waals surface area contributed by atoms with Crippen molar-refractivity contribution in [1.29, 1.82) is 0 Å². The van der Waals surface area contributed by atoms with Crippen LogP contribution in [0, 0.1) is 56.7 Å². The van der Waals surface area contributed by atoms with Gasteiger partial charge in [-0.15, -0.1) is 0 Å². The van der Waals surface area contributed by atoms with Gasteiger partial charge in [-0.05, 0) is 109 Å². The summed E-state index contributed by atoms with van der Waals surface area (Å²) in [6.45, 7) is 16.6. The van der Waals surface area contributed by atoms with Crippen molar-refractivity contribution >= 4 is 5.97 Å². The SMILES string of the molecule is C[C@H]1[C@H](C)CC[C@]2(C(=O)O[C@@H]3OC[C@H](O)[C@H](O)[C@H]3O)CC[C@]3(C)C(=CC[C@@H]4[C@@]5(C)CC[C@H](O)C(C)(C)C5CC[C@]43C)[C@H]12. The van der Waals surface area contributed by atoms with Gasteiger partial charge in [0, 0.05) is 0 Å². The molecule has 5 aliphatic carbocycles. The fourth-order valence-electron chi connectivity index (χ4n) is 11.9. The van der Waals surface area contributed by atoms with Gasteiger partial charge in [0.2, 0.25) is 6.29 Å². The Labute approximate surface area is 252 Å². The third-order valence-corrected chi connectivity index (χ3v) is 15.1. The van der Waals surface area contributed by atoms with Crippen LogP contribution >= 0.6 is 0 Å². The lowest BCUT2D eigenvalue weighted by atomic mass is 9.33. The Bertz CT molecular complexity index is 1120. The van der Waals surface area contributed by atoms with Crippen LogP contribution in [0.25, 0.3) is 0 Å². The molecule has 7 heteroatoms. The molecule has 0 aromatic rings. The Morgan fingerprint density at radius 3 is 2.31 bits per heavy atom. The molecular weight excluding hydrogens is 532 g/mol. The molecule has 4 N–H and O–H groups in total. The molecule has 0 radical (unpaired) electrons. The first-order chi connectivity index (χ1) is 19.5. The molecule has 1 heterocycles. The number of carbonyl (C=O) groups excluding carboxylic acids is 1. The summed E-state index contributed by atoms with van der Waals surface area (Å²) in [5, 5.41) is 41.7. The van der Waals surface area contributed by atoms with E-state index in [2.05, 4.69) is 54.5 Å². The molecule has 6 rings (SSSR count). The number of fused-ring (bicyclic) bond motifs is 7. The Morgan fingerprint density at radius 1 is 0.881 bits per heavy atom. The van der Waals surface area contributed by atoms with E-state index in [0.29, 0.717) is 23.7 Å². The average Bonchev–Trinajstić information content (AvgIpc) is 2.93. The second-order valence-electron chi connectivity index (χ2n) is 16.8. The van der Waals surface area contributed by atoms with E-state index < -0.39 is 30.0 Å². The third kappa shape index (κ3) is 3.98. The molecular formula is C35H56O7. The molecule has 1 aliphatic heterocycles. The predicted molar refractivity (Wildman–Crippen MR) is 159 cm³/mol. The normalized spacial score (nSPS) is 55.3. The lowest BCUT2D eigenvalue weighted by Crippen LogP contribution is -2.65. The van der Waals surface area contributed by atoms with Crippen LogP contribution in [0.15, 0.2) is 11.6 Å². The summed E-state index contributed by atoms with van der Waals surface area (Å²) in [6, 6.07) is 0. The highest BCUT2D eigenvalue weighted by atomic mass is 16.7. The van der Waals surface area contributed by atoms with Crippen molar-refractivity contribution in [1.82, 2.24) is 0 Å². The van der Waals surface area contributed by atoms with E-state index in [0.717, 1.165) is 57.8 Å². The standard InChI is InChI=1S/C35H56O7/c1-19-10-15-35(30(40)42-29-28(39)27(38)22(36)18-41-29)17-16-33(6)21(26(35)20(19)2)8-9-24-32(5)13-12-25(37)31(3,4)23(32)11-14-34(24,33)7/h8,19-20,22-29,36-39H,9-18H2,1-7H3/t19-,20+,22+,23?,24-,25+,26+,27+,28-,29+,32+,33-,34-,35+/m1/s1. The van der Waals surface area contributed by atoms with Crippen molar-refractivity contribution in [3.8, 4) is 0 Å². The summed E-state index contributed by atoms with van der Waals surface area (Å²) in [5.74, 6) is 1.53. The van der Waals surface area contributed by atoms with Gasteiger partial charge in [-0.25, -0.2) is 0 Å². The minimum absolute atomic E-state index is 0.0367. The van der Waals surface area contributed by atoms with Gasteiger partial charge in [0.1, 0.15) is 18.3 Å². The highest BCUT2D eigenvalue weighted by molar-refractivity contribution is 5.79. The maximum atomic E-state index is 14.3. The van der Waals surface area contributed by atoms with Crippen molar-refractivity contribution in [2.75, 3.05) is 6.61 Å². The summed E-state index contributed by atoms with van der Waals surface area (Å²) in [5.41, 5.74) is 0.891. The average molecular weight is 589 g/mol. The molecule has 6 aliphatic rings. The van der Waals surface area contributed by atoms with Gasteiger partial charge < -0.3 is 29.9 Å². The smallest absolute Gasteiger partial charge is 0.315 e. The van der Waals surface area contributed by atoms with Crippen LogP contribution in [0.5, 0.6) is 0 Å². The zero-order valence-corrected chi connectivity index (χ0v) is 26.9. The molecule has 238 valence electrons. The van der Waals surface area contributed by atoms with Gasteiger partial charge in [0.25, 0.3) is 0 Å². The van der Waals surface area contributed by atoms with Crippen molar-refractivity contribution < 1.29 is 34.7 Å². The van der Waals surface area contributed by atoms with Crippen molar-refractivity contribution in [2.45, 2.75) is 137 Å². The van der Waals surface area contributed by atoms with Crippen LogP contribution in [0.4, 0.5) is 0 Å². The number of rotatable bonds is 2. The highest BCUT2D eigenvalue weighted by Gasteiger charge is 2.69. The summed E-state index contributed by atoms with van der Waals surface area (Å²) in [4.78, 5) is 14.3. The van der Waals surface area contributed by atoms with Crippen molar-refractivity contribution in [3.63, 3.8) is 0 Å². The van der Waals surface area contributed by atoms with Crippen LogP contribution in [0.3, 0.4) is 0 Å². The fraction of sp³-hybridized carbons (Fsp3) is 0.914. The Balaban J connectivity index is 1.37. The number of aliphatic hydroxyl groups excluding tert-OH is 4. The predicted octanol–water partition coefficient (Wildman–Crippen LogP) is 4.99. The molecule has 1 unspecified atom stereocenters. The summed E-state index contributed by atoms with van der Waals surface area (Å²) >= 11 is 0. The van der Waals surface area contributed by atoms with E-state index in [9.17, 15) is 25.2 Å². The molecule has 0 spiro atoms. The first-order valence-corrected chi connectivity index (χ1v) is 16.8. The number of carbonyl (C=O) groups is 1. The number of esters is 1. The molecule has 14 atom stereocenters. The van der Waals surface area contributed by atoms with Crippen molar-refractivity contribution in [2.24, 2.45) is 56.7 Å². The largest absolute Gasteiger partial charge is 0.432 e. The first-order valence-electron chi connectivity index (χ1n) is 16.8. The Kier molecular flexibility index (Phi) is 7.39. The van der Waals surface area contributed by atoms with E-state index in [1.807, 2.05) is 0 Å². The van der Waals surface area contributed by atoms with Crippen LogP contribution in [0.1, 0.15) is 106 Å². The van der Waals surface area contributed by atoms with Crippen LogP contribution < -0.4 is 0 Å². The quantitative estimate of drug-likeness (QED) is 0.265. The summed E-state index contributed by atoms with van der Waals surface area (Å²) in [6.07, 6.45) is 5.47. The summed E-state index contributed by atoms with van der Waals surface area (Å²) in [7, 11) is 0. The lowest BCUT2D eigenvalue weighted by Gasteiger charge is -2.71. The first kappa shape index (κ1) is 31.0. The number of hydrogen-bond donors (Lipinski definition) is 4. The van der Waals surface area contributed by atoms with Gasteiger partial charge in [0.15, 0.2) is 0 Å². The molecule has 4 saturated carbocycles. The van der Waals surface area contributed by atoms with E-state index >= 15 is 0 Å². The topological polar surface area (TPSA) is 116 Å². The zero-order chi connectivity index (χ0) is 30.6. The van der Waals surface area contributed by atoms with E-state index in [1.54, 1.807) is 0 Å². The second-order valence-corrected chi connectivity index (χ2v) is 16.8. The van der Waals surface area contributed by atoms with Crippen LogP contribution in [-0.2, 0) is 14.3 Å². The van der Waals surface area contributed by atoms with Crippen LogP contribution in [-0.4, -0.2) is 63.7 Å². The zero-order valence-electron chi connectivity index (χ0n) is 26.9. The number of aliphatic hydroxyl groups is 4. The molecule has 0 bridgehead atoms. The minimum atomic E-state index is -1.48. The van der Waals surface area contributed by atoms with E-state index in [-0.39, 0.29) is 46.3 Å². The second kappa shape index (κ2) is 10.0. The van der Waals surface area contributed by atoms with Gasteiger partial charge in [0.05, 0.1) is 18.1 Å². The highest BCUT2D eigenvalue weighted by Crippen LogP contribution is 2.75. The van der Waals surface area contributed by atoms with E-state index in [1.165, 1.54) is 5.57 Å². The Morgan fingerprint density at radius 2 is 1.60 bits per heavy atom. The van der Waals surface area contributed by atoms with Crippen LogP contribution in [0.2, 0.25) is 0 Å². The molecule has 0 amide bonds. The Hall–Kier alpha value is -0.990. The lowest BCUT2D eigenvalue weighted by molar-refractivity contribution is -0.270. The van der Waals surface area contributed by atoms with E-state index in [4.69, 9.17) is 9.47 Å². The van der Waals surface area contributed by atoms with Gasteiger partial charge >= 0.3 is 5.97 Å². The van der Waals surface area contributed by atoms with Gasteiger partial charge in [-0.1, -0.05) is 60.1 Å². The van der Waals surface area contributed by atoms with Crippen molar-refractivity contribution in [3.05, 3.63) is 11.6 Å². The number of allylic oxidation sites excluding steroid dienone is 2. The molecule has 0 aromatic heterocycles. The number of ether oxygens (including phenoxy) is 2. The van der Waals surface area contributed by atoms with Gasteiger partial charge in [-0.3, -0.25) is 4.79 Å².